The third kappa shape index (κ3) is 2.60. The zero-order valence-corrected chi connectivity index (χ0v) is 10.4. The molecule has 1 saturated carbocycles. The van der Waals surface area contributed by atoms with E-state index in [-0.39, 0.29) is 17.7 Å². The maximum atomic E-state index is 12.0. The Hall–Kier alpha value is -1.10. The van der Waals surface area contributed by atoms with Crippen molar-refractivity contribution in [3.05, 3.63) is 0 Å². The molecular weight excluding hydrogens is 220 g/mol. The first-order chi connectivity index (χ1) is 8.00. The first kappa shape index (κ1) is 12.4. The second-order valence-electron chi connectivity index (χ2n) is 5.15. The molecule has 1 heterocycles. The summed E-state index contributed by atoms with van der Waals surface area (Å²) < 4.78 is 0. The Balaban J connectivity index is 1.82. The fraction of sp³-hybridized carbons (Fsp3) is 0.833. The van der Waals surface area contributed by atoms with Crippen molar-refractivity contribution in [2.75, 3.05) is 26.2 Å². The molecule has 1 N–H and O–H groups in total. The number of nitrogens with zero attached hydrogens (tertiary/aromatic N) is 2. The number of hydrogen-bond donors (Lipinski definition) is 1. The lowest BCUT2D eigenvalue weighted by atomic mass is 10.2. The van der Waals surface area contributed by atoms with E-state index in [1.807, 2.05) is 4.90 Å². The van der Waals surface area contributed by atoms with Crippen LogP contribution < -0.4 is 0 Å². The molecule has 17 heavy (non-hydrogen) atoms. The summed E-state index contributed by atoms with van der Waals surface area (Å²) in [6, 6.07) is 0. The minimum Gasteiger partial charge on any atom is -0.384 e. The molecule has 2 aliphatic rings. The van der Waals surface area contributed by atoms with Gasteiger partial charge in [-0.05, 0) is 19.3 Å². The zero-order chi connectivity index (χ0) is 12.6. The largest absolute Gasteiger partial charge is 0.384 e. The molecule has 0 radical (unpaired) electrons. The van der Waals surface area contributed by atoms with Crippen LogP contribution in [0.25, 0.3) is 0 Å². The average Bonchev–Trinajstić information content (AvgIpc) is 3.04. The van der Waals surface area contributed by atoms with Gasteiger partial charge >= 0.3 is 0 Å². The molecule has 3 unspecified atom stereocenters. The van der Waals surface area contributed by atoms with Gasteiger partial charge in [0.1, 0.15) is 6.10 Å². The van der Waals surface area contributed by atoms with Crippen molar-refractivity contribution in [3.63, 3.8) is 0 Å². The third-order valence-corrected chi connectivity index (χ3v) is 3.69. The van der Waals surface area contributed by atoms with Crippen LogP contribution in [0.15, 0.2) is 0 Å². The predicted molar refractivity (Wildman–Crippen MR) is 62.1 cm³/mol. The van der Waals surface area contributed by atoms with Gasteiger partial charge in [0.05, 0.1) is 0 Å². The quantitative estimate of drug-likeness (QED) is 0.720. The molecule has 0 aromatic carbocycles. The smallest absolute Gasteiger partial charge is 0.251 e. The van der Waals surface area contributed by atoms with E-state index in [1.165, 1.54) is 6.92 Å². The summed E-state index contributed by atoms with van der Waals surface area (Å²) in [6.07, 6.45) is 0.0618. The van der Waals surface area contributed by atoms with Crippen molar-refractivity contribution in [1.29, 1.82) is 0 Å². The molecule has 1 aliphatic heterocycles. The third-order valence-electron chi connectivity index (χ3n) is 3.69. The summed E-state index contributed by atoms with van der Waals surface area (Å²) in [4.78, 5) is 27.0. The maximum absolute atomic E-state index is 12.0. The van der Waals surface area contributed by atoms with Crippen LogP contribution in [-0.2, 0) is 9.59 Å². The normalized spacial score (nSPS) is 30.1. The minimum atomic E-state index is -0.944. The number of aliphatic hydroxyl groups is 1. The topological polar surface area (TPSA) is 60.9 Å². The number of piperazine rings is 1. The molecule has 0 bridgehead atoms. The van der Waals surface area contributed by atoms with Crippen LogP contribution in [0.5, 0.6) is 0 Å². The van der Waals surface area contributed by atoms with Gasteiger partial charge in [-0.1, -0.05) is 6.92 Å². The highest BCUT2D eigenvalue weighted by Crippen LogP contribution is 2.39. The molecule has 96 valence electrons. The van der Waals surface area contributed by atoms with Crippen molar-refractivity contribution in [2.24, 2.45) is 11.8 Å². The SMILES string of the molecule is CC(O)C(=O)N1CCN(C(=O)C2CC2C)CC1. The van der Waals surface area contributed by atoms with Gasteiger partial charge in [0.25, 0.3) is 5.91 Å². The van der Waals surface area contributed by atoms with Crippen LogP contribution in [0.4, 0.5) is 0 Å². The van der Waals surface area contributed by atoms with Gasteiger partial charge in [0.2, 0.25) is 5.91 Å². The predicted octanol–water partition coefficient (Wildman–Crippen LogP) is -0.306. The first-order valence-electron chi connectivity index (χ1n) is 6.26. The van der Waals surface area contributed by atoms with Crippen molar-refractivity contribution in [1.82, 2.24) is 9.80 Å². The van der Waals surface area contributed by atoms with Gasteiger partial charge in [-0.3, -0.25) is 9.59 Å². The fourth-order valence-electron chi connectivity index (χ4n) is 2.31. The van der Waals surface area contributed by atoms with Crippen molar-refractivity contribution in [2.45, 2.75) is 26.4 Å². The fourth-order valence-corrected chi connectivity index (χ4v) is 2.31. The van der Waals surface area contributed by atoms with Gasteiger partial charge in [0.15, 0.2) is 0 Å². The molecule has 2 rings (SSSR count). The summed E-state index contributed by atoms with van der Waals surface area (Å²) in [5.74, 6) is 0.743. The lowest BCUT2D eigenvalue weighted by Gasteiger charge is -2.35. The monoisotopic (exact) mass is 240 g/mol. The summed E-state index contributed by atoms with van der Waals surface area (Å²) in [7, 11) is 0. The molecule has 3 atom stereocenters. The van der Waals surface area contributed by atoms with Gasteiger partial charge in [-0.25, -0.2) is 0 Å². The van der Waals surface area contributed by atoms with E-state index in [2.05, 4.69) is 6.92 Å². The van der Waals surface area contributed by atoms with Crippen LogP contribution in [-0.4, -0.2) is 59.0 Å². The van der Waals surface area contributed by atoms with Crippen LogP contribution in [0.1, 0.15) is 20.3 Å². The van der Waals surface area contributed by atoms with Gasteiger partial charge in [0, 0.05) is 32.1 Å². The van der Waals surface area contributed by atoms with Crippen LogP contribution in [0, 0.1) is 11.8 Å². The lowest BCUT2D eigenvalue weighted by molar-refractivity contribution is -0.145. The van der Waals surface area contributed by atoms with E-state index in [1.54, 1.807) is 4.90 Å². The lowest BCUT2D eigenvalue weighted by Crippen LogP contribution is -2.52. The van der Waals surface area contributed by atoms with Crippen molar-refractivity contribution in [3.8, 4) is 0 Å². The van der Waals surface area contributed by atoms with Gasteiger partial charge in [-0.15, -0.1) is 0 Å². The number of aliphatic hydroxyl groups excluding tert-OH is 1. The summed E-state index contributed by atoms with van der Waals surface area (Å²) in [6.45, 7) is 5.84. The van der Waals surface area contributed by atoms with E-state index in [0.29, 0.717) is 32.1 Å². The number of carbonyl (C=O) groups excluding carboxylic acids is 2. The molecule has 0 aromatic rings. The van der Waals surface area contributed by atoms with Gasteiger partial charge < -0.3 is 14.9 Å². The van der Waals surface area contributed by atoms with Gasteiger partial charge in [-0.2, -0.15) is 0 Å². The highest BCUT2D eigenvalue weighted by atomic mass is 16.3. The summed E-state index contributed by atoms with van der Waals surface area (Å²) >= 11 is 0. The molecule has 2 amide bonds. The van der Waals surface area contributed by atoms with E-state index in [9.17, 15) is 14.7 Å². The number of amides is 2. The zero-order valence-electron chi connectivity index (χ0n) is 10.4. The number of carbonyl (C=O) groups is 2. The Morgan fingerprint density at radius 1 is 1.18 bits per heavy atom. The van der Waals surface area contributed by atoms with Crippen molar-refractivity contribution >= 4 is 11.8 Å². The van der Waals surface area contributed by atoms with Crippen LogP contribution in [0.3, 0.4) is 0 Å². The highest BCUT2D eigenvalue weighted by Gasteiger charge is 2.42. The molecular formula is C12H20N2O3. The van der Waals surface area contributed by atoms with E-state index in [4.69, 9.17) is 0 Å². The van der Waals surface area contributed by atoms with E-state index in [0.717, 1.165) is 6.42 Å². The van der Waals surface area contributed by atoms with Crippen molar-refractivity contribution < 1.29 is 14.7 Å². The minimum absolute atomic E-state index is 0.217. The van der Waals surface area contributed by atoms with E-state index >= 15 is 0 Å². The maximum Gasteiger partial charge on any atom is 0.251 e. The molecule has 1 aliphatic carbocycles. The Morgan fingerprint density at radius 3 is 2.06 bits per heavy atom. The molecule has 1 saturated heterocycles. The Bertz CT molecular complexity index is 322. The van der Waals surface area contributed by atoms with Crippen LogP contribution >= 0.6 is 0 Å². The van der Waals surface area contributed by atoms with E-state index < -0.39 is 6.10 Å². The second kappa shape index (κ2) is 4.64. The Morgan fingerprint density at radius 2 is 1.65 bits per heavy atom. The summed E-state index contributed by atoms with van der Waals surface area (Å²) in [5, 5.41) is 9.21. The number of rotatable bonds is 2. The Labute approximate surface area is 101 Å². The Kier molecular flexibility index (Phi) is 3.38. The first-order valence-corrected chi connectivity index (χ1v) is 6.26. The standard InChI is InChI=1S/C12H20N2O3/c1-8-7-10(8)12(17)14-5-3-13(4-6-14)11(16)9(2)15/h8-10,15H,3-7H2,1-2H3. The molecule has 0 aromatic heterocycles. The van der Waals surface area contributed by atoms with Crippen LogP contribution in [0.2, 0.25) is 0 Å². The number of hydrogen-bond acceptors (Lipinski definition) is 3. The summed E-state index contributed by atoms with van der Waals surface area (Å²) in [5.41, 5.74) is 0. The second-order valence-corrected chi connectivity index (χ2v) is 5.15. The molecule has 5 heteroatoms. The molecule has 5 nitrogen and oxygen atoms in total. The highest BCUT2D eigenvalue weighted by molar-refractivity contribution is 5.83. The average molecular weight is 240 g/mol. The molecule has 0 spiro atoms. The molecule has 2 fully saturated rings.